The first-order valence-electron chi connectivity index (χ1n) is 9.20. The number of nitrogens with one attached hydrogen (secondary N) is 1. The molecule has 0 radical (unpaired) electrons. The van der Waals surface area contributed by atoms with Crippen LogP contribution in [0.15, 0.2) is 5.10 Å². The summed E-state index contributed by atoms with van der Waals surface area (Å²) >= 11 is 0. The van der Waals surface area contributed by atoms with Gasteiger partial charge in [-0.2, -0.15) is 5.10 Å². The molecule has 0 aromatic carbocycles. The highest BCUT2D eigenvalue weighted by Crippen LogP contribution is 2.63. The van der Waals surface area contributed by atoms with Gasteiger partial charge < -0.3 is 23.3 Å². The van der Waals surface area contributed by atoms with Crippen LogP contribution in [-0.2, 0) is 37.4 Å². The van der Waals surface area contributed by atoms with Crippen molar-refractivity contribution < 1.29 is 42.2 Å². The second-order valence-corrected chi connectivity index (χ2v) is 8.18. The van der Waals surface area contributed by atoms with Gasteiger partial charge in [-0.25, -0.2) is 10.2 Å². The Bertz CT molecular complexity index is 643. The fraction of sp³-hybridized carbons (Fsp3) is 0.765. The van der Waals surface area contributed by atoms with Gasteiger partial charge in [-0.3, -0.25) is 14.2 Å². The van der Waals surface area contributed by atoms with Gasteiger partial charge in [-0.05, 0) is 41.5 Å². The molecule has 2 unspecified atom stereocenters. The summed E-state index contributed by atoms with van der Waals surface area (Å²) in [5.74, 6) is -3.48. The lowest BCUT2D eigenvalue weighted by atomic mass is 9.89. The Morgan fingerprint density at radius 2 is 1.52 bits per heavy atom. The lowest BCUT2D eigenvalue weighted by Crippen LogP contribution is -2.52. The van der Waals surface area contributed by atoms with Crippen LogP contribution < -0.4 is 5.43 Å². The minimum Gasteiger partial charge on any atom is -0.468 e. The summed E-state index contributed by atoms with van der Waals surface area (Å²) in [5.41, 5.74) is 2.01. The van der Waals surface area contributed by atoms with E-state index in [2.05, 4.69) is 10.5 Å². The van der Waals surface area contributed by atoms with Gasteiger partial charge >= 0.3 is 25.6 Å². The monoisotopic (exact) mass is 438 g/mol. The van der Waals surface area contributed by atoms with Crippen LogP contribution in [0.2, 0.25) is 0 Å². The van der Waals surface area contributed by atoms with E-state index >= 15 is 0 Å². The molecule has 1 N–H and O–H groups in total. The van der Waals surface area contributed by atoms with Gasteiger partial charge in [0.05, 0.1) is 39.2 Å². The number of rotatable bonds is 12. The molecular weight excluding hydrogens is 407 g/mol. The minimum atomic E-state index is -4.26. The maximum Gasteiger partial charge on any atom is 0.427 e. The van der Waals surface area contributed by atoms with Crippen molar-refractivity contribution >= 4 is 31.3 Å². The largest absolute Gasteiger partial charge is 0.468 e. The van der Waals surface area contributed by atoms with Gasteiger partial charge in [0.1, 0.15) is 5.92 Å². The molecule has 0 aliphatic heterocycles. The first kappa shape index (κ1) is 27.0. The fourth-order valence-electron chi connectivity index (χ4n) is 2.60. The Labute approximate surface area is 171 Å². The Hall–Kier alpha value is -1.97. The van der Waals surface area contributed by atoms with Crippen LogP contribution in [0.3, 0.4) is 0 Å². The average Bonchev–Trinajstić information content (AvgIpc) is 2.66. The SMILES string of the molecule is CCOC(=O)N/N=C(\C)C(C(=O)OC)C(C)(C(=O)OCC)P(=O)(OCC)OCC. The second kappa shape index (κ2) is 12.6. The first-order valence-corrected chi connectivity index (χ1v) is 10.7. The number of methoxy groups -OCH3 is 1. The number of hydrogen-bond donors (Lipinski definition) is 1. The van der Waals surface area contributed by atoms with Gasteiger partial charge in [0.2, 0.25) is 0 Å². The van der Waals surface area contributed by atoms with Crippen LogP contribution in [0.5, 0.6) is 0 Å². The maximum atomic E-state index is 13.6. The Morgan fingerprint density at radius 1 is 1.00 bits per heavy atom. The van der Waals surface area contributed by atoms with E-state index in [-0.39, 0.29) is 32.1 Å². The molecule has 11 nitrogen and oxygen atoms in total. The third-order valence-corrected chi connectivity index (χ3v) is 6.65. The number of hydrogen-bond acceptors (Lipinski definition) is 10. The van der Waals surface area contributed by atoms with E-state index in [0.29, 0.717) is 0 Å². The quantitative estimate of drug-likeness (QED) is 0.160. The van der Waals surface area contributed by atoms with Crippen LogP contribution >= 0.6 is 7.60 Å². The number of carbonyl (C=O) groups is 3. The smallest absolute Gasteiger partial charge is 0.427 e. The summed E-state index contributed by atoms with van der Waals surface area (Å²) in [6.07, 6.45) is -0.869. The molecule has 0 rings (SSSR count). The van der Waals surface area contributed by atoms with Gasteiger partial charge in [-0.15, -0.1) is 0 Å². The predicted molar refractivity (Wildman–Crippen MR) is 105 cm³/mol. The van der Waals surface area contributed by atoms with Crippen molar-refractivity contribution in [2.24, 2.45) is 11.0 Å². The molecule has 0 aliphatic carbocycles. The van der Waals surface area contributed by atoms with Crippen LogP contribution in [0, 0.1) is 5.92 Å². The van der Waals surface area contributed by atoms with Crippen LogP contribution in [-0.4, -0.2) is 62.4 Å². The molecule has 0 saturated heterocycles. The third-order valence-electron chi connectivity index (χ3n) is 3.87. The number of carbonyl (C=O) groups excluding carboxylic acids is 3. The molecule has 12 heteroatoms. The van der Waals surface area contributed by atoms with Gasteiger partial charge in [0.15, 0.2) is 5.16 Å². The minimum absolute atomic E-state index is 0.0438. The highest BCUT2D eigenvalue weighted by atomic mass is 31.2. The molecular formula is C17H31N2O9P. The summed E-state index contributed by atoms with van der Waals surface area (Å²) in [6.45, 7) is 8.81. The molecule has 2 atom stereocenters. The van der Waals surface area contributed by atoms with Gasteiger partial charge in [0.25, 0.3) is 0 Å². The summed E-state index contributed by atoms with van der Waals surface area (Å²) in [5, 5.41) is 1.67. The van der Waals surface area contributed by atoms with Crippen molar-refractivity contribution in [1.29, 1.82) is 0 Å². The number of esters is 2. The standard InChI is InChI=1S/C17H31N2O9P/c1-8-25-15(21)17(6,29(23,27-10-3)28-11-4)13(14(20)24-7)12(5)18-19-16(22)26-9-2/h13H,8-11H2,1-7H3,(H,19,22)/b18-12+. The highest BCUT2D eigenvalue weighted by Gasteiger charge is 2.63. The van der Waals surface area contributed by atoms with E-state index in [1.807, 2.05) is 0 Å². The Morgan fingerprint density at radius 3 is 1.93 bits per heavy atom. The normalized spacial score (nSPS) is 15.1. The third kappa shape index (κ3) is 6.52. The maximum absolute atomic E-state index is 13.6. The van der Waals surface area contributed by atoms with Crippen LogP contribution in [0.25, 0.3) is 0 Å². The summed E-state index contributed by atoms with van der Waals surface area (Å²) in [7, 11) is -3.17. The summed E-state index contributed by atoms with van der Waals surface area (Å²) in [6, 6.07) is 0. The summed E-state index contributed by atoms with van der Waals surface area (Å²) < 4.78 is 38.9. The molecule has 29 heavy (non-hydrogen) atoms. The second-order valence-electron chi connectivity index (χ2n) is 5.74. The van der Waals surface area contributed by atoms with Crippen molar-refractivity contribution in [2.75, 3.05) is 33.5 Å². The van der Waals surface area contributed by atoms with Crippen molar-refractivity contribution in [1.82, 2.24) is 5.43 Å². The van der Waals surface area contributed by atoms with Gasteiger partial charge in [0, 0.05) is 0 Å². The molecule has 1 amide bonds. The lowest BCUT2D eigenvalue weighted by molar-refractivity contribution is -0.154. The molecule has 0 saturated carbocycles. The number of hydrazone groups is 1. The fourth-order valence-corrected chi connectivity index (χ4v) is 4.78. The Balaban J connectivity index is 6.56. The molecule has 168 valence electrons. The molecule has 0 bridgehead atoms. The zero-order valence-corrected chi connectivity index (χ0v) is 18.9. The van der Waals surface area contributed by atoms with Crippen molar-refractivity contribution in [3.05, 3.63) is 0 Å². The highest BCUT2D eigenvalue weighted by molar-refractivity contribution is 7.57. The van der Waals surface area contributed by atoms with Crippen molar-refractivity contribution in [3.63, 3.8) is 0 Å². The first-order chi connectivity index (χ1) is 13.6. The number of amides is 1. The van der Waals surface area contributed by atoms with Crippen molar-refractivity contribution in [3.8, 4) is 0 Å². The van der Waals surface area contributed by atoms with E-state index in [9.17, 15) is 18.9 Å². The van der Waals surface area contributed by atoms with E-state index in [1.54, 1.807) is 27.7 Å². The number of ether oxygens (including phenoxy) is 3. The van der Waals surface area contributed by atoms with Crippen LogP contribution in [0.4, 0.5) is 4.79 Å². The van der Waals surface area contributed by atoms with E-state index in [0.717, 1.165) is 7.11 Å². The van der Waals surface area contributed by atoms with E-state index in [1.165, 1.54) is 13.8 Å². The van der Waals surface area contributed by atoms with Crippen molar-refractivity contribution in [2.45, 2.75) is 46.7 Å². The predicted octanol–water partition coefficient (Wildman–Crippen LogP) is 2.49. The average molecular weight is 438 g/mol. The number of nitrogens with zero attached hydrogens (tertiary/aromatic N) is 1. The molecule has 0 aromatic rings. The van der Waals surface area contributed by atoms with Gasteiger partial charge in [-0.1, -0.05) is 0 Å². The lowest BCUT2D eigenvalue weighted by Gasteiger charge is -2.37. The summed E-state index contributed by atoms with van der Waals surface area (Å²) in [4.78, 5) is 37.1. The zero-order valence-electron chi connectivity index (χ0n) is 18.0. The molecule has 0 spiro atoms. The van der Waals surface area contributed by atoms with E-state index < -0.39 is 36.7 Å². The molecule has 0 fully saturated rings. The molecule has 0 aromatic heterocycles. The topological polar surface area (TPSA) is 139 Å². The molecule has 0 aliphatic rings. The zero-order chi connectivity index (χ0) is 22.7. The van der Waals surface area contributed by atoms with Crippen LogP contribution in [0.1, 0.15) is 41.5 Å². The Kier molecular flexibility index (Phi) is 11.7. The molecule has 0 heterocycles. The van der Waals surface area contributed by atoms with E-state index in [4.69, 9.17) is 23.3 Å².